The number of halogens is 8. The molecule has 0 aliphatic heterocycles. The van der Waals surface area contributed by atoms with E-state index in [1.807, 2.05) is 0 Å². The molecule has 0 saturated heterocycles. The first-order valence-electron chi connectivity index (χ1n) is 4.37. The monoisotopic (exact) mass is 378 g/mol. The summed E-state index contributed by atoms with van der Waals surface area (Å²) in [5, 5.41) is 0. The minimum atomic E-state index is -5.43. The van der Waals surface area contributed by atoms with E-state index in [-0.39, 0.29) is 57.5 Å². The average Bonchev–Trinajstić information content (AvgIpc) is 2.14. The third kappa shape index (κ3) is 5.54. The largest absolute Gasteiger partial charge is 1.00 e. The average molecular weight is 379 g/mol. The van der Waals surface area contributed by atoms with Crippen molar-refractivity contribution in [2.45, 2.75) is 10.9 Å². The number of rotatable bonds is 4. The van der Waals surface area contributed by atoms with Gasteiger partial charge in [0, 0.05) is 15.9 Å². The molecule has 0 saturated carbocycles. The summed E-state index contributed by atoms with van der Waals surface area (Å²) in [7, 11) is 0. The molecule has 102 valence electrons. The van der Waals surface area contributed by atoms with E-state index in [4.69, 9.17) is 0 Å². The van der Waals surface area contributed by atoms with E-state index in [9.17, 15) is 30.5 Å². The predicted molar refractivity (Wildman–Crippen MR) is 54.6 cm³/mol. The summed E-state index contributed by atoms with van der Waals surface area (Å²) in [6.07, 6.45) is -4.97. The minimum Gasteiger partial charge on any atom is -0.445 e. The Hall–Kier alpha value is 0.711. The Morgan fingerprint density at radius 2 is 1.58 bits per heavy atom. The molecule has 0 amide bonds. The van der Waals surface area contributed by atoms with E-state index in [1.54, 1.807) is 0 Å². The molecule has 1 aromatic carbocycles. The zero-order valence-corrected chi connectivity index (χ0v) is 14.0. The molecule has 1 aromatic rings. The van der Waals surface area contributed by atoms with Crippen LogP contribution in [0.2, 0.25) is 0 Å². The Bertz CT molecular complexity index is 434. The van der Waals surface area contributed by atoms with E-state index in [1.165, 1.54) is 15.9 Å². The fourth-order valence-corrected chi connectivity index (χ4v) is 1.07. The summed E-state index contributed by atoms with van der Waals surface area (Å²) in [4.78, 5) is -4.70. The summed E-state index contributed by atoms with van der Waals surface area (Å²) in [6, 6.07) is 2.35. The van der Waals surface area contributed by atoms with E-state index in [0.717, 1.165) is 12.1 Å². The molecule has 0 aliphatic rings. The predicted octanol–water partition coefficient (Wildman–Crippen LogP) is 0.704. The molecular weight excluding hydrogens is 375 g/mol. The van der Waals surface area contributed by atoms with Crippen LogP contribution in [0.25, 0.3) is 0 Å². The molecule has 0 aliphatic carbocycles. The quantitative estimate of drug-likeness (QED) is 0.426. The molecule has 0 atom stereocenters. The first-order chi connectivity index (χ1) is 7.93. The molecule has 0 fully saturated rings. The SMILES string of the molecule is F[B-](F)(F)c1cccc(OC(F)(F)C(F)(F)Br)c1.[K+]. The van der Waals surface area contributed by atoms with Gasteiger partial charge < -0.3 is 17.7 Å². The van der Waals surface area contributed by atoms with Crippen molar-refractivity contribution in [3.8, 4) is 5.75 Å². The van der Waals surface area contributed by atoms with Crippen molar-refractivity contribution >= 4 is 28.4 Å². The van der Waals surface area contributed by atoms with Gasteiger partial charge in [-0.3, -0.25) is 0 Å². The molecule has 1 rings (SSSR count). The van der Waals surface area contributed by atoms with Gasteiger partial charge in [0.25, 0.3) is 0 Å². The molecule has 1 nitrogen and oxygen atoms in total. The van der Waals surface area contributed by atoms with Crippen LogP contribution in [0.5, 0.6) is 5.75 Å². The van der Waals surface area contributed by atoms with Gasteiger partial charge in [0.2, 0.25) is 0 Å². The molecule has 0 aromatic heterocycles. The van der Waals surface area contributed by atoms with Gasteiger partial charge in [-0.2, -0.15) is 17.6 Å². The van der Waals surface area contributed by atoms with Crippen molar-refractivity contribution < 1.29 is 86.6 Å². The molecule has 11 heteroatoms. The van der Waals surface area contributed by atoms with Gasteiger partial charge in [-0.1, -0.05) is 12.1 Å². The number of ether oxygens (including phenoxy) is 1. The number of hydrogen-bond acceptors (Lipinski definition) is 1. The van der Waals surface area contributed by atoms with E-state index in [0.29, 0.717) is 6.07 Å². The Balaban J connectivity index is 0.00000324. The van der Waals surface area contributed by atoms with Crippen molar-refractivity contribution in [2.75, 3.05) is 0 Å². The maximum Gasteiger partial charge on any atom is 1.00 e. The third-order valence-electron chi connectivity index (χ3n) is 1.81. The van der Waals surface area contributed by atoms with Crippen molar-refractivity contribution in [1.82, 2.24) is 0 Å². The van der Waals surface area contributed by atoms with Crippen LogP contribution >= 0.6 is 15.9 Å². The van der Waals surface area contributed by atoms with Gasteiger partial charge in [-0.05, 0) is 12.1 Å². The molecule has 19 heavy (non-hydrogen) atoms. The van der Waals surface area contributed by atoms with Crippen LogP contribution in [0.3, 0.4) is 0 Å². The normalized spacial score (nSPS) is 12.8. The van der Waals surface area contributed by atoms with Crippen LogP contribution in [-0.2, 0) is 0 Å². The van der Waals surface area contributed by atoms with Crippen molar-refractivity contribution in [3.63, 3.8) is 0 Å². The summed E-state index contributed by atoms with van der Waals surface area (Å²) >= 11 is 1.39. The molecule has 0 heterocycles. The van der Waals surface area contributed by atoms with Gasteiger partial charge in [-0.25, -0.2) is 0 Å². The van der Waals surface area contributed by atoms with Crippen LogP contribution in [0.4, 0.5) is 30.5 Å². The summed E-state index contributed by atoms with van der Waals surface area (Å²) < 4.78 is 90.7. The van der Waals surface area contributed by atoms with E-state index >= 15 is 0 Å². The number of hydrogen-bond donors (Lipinski definition) is 0. The maximum atomic E-state index is 12.7. The number of alkyl halides is 5. The Morgan fingerprint density at radius 3 is 2.00 bits per heavy atom. The summed E-state index contributed by atoms with van der Waals surface area (Å²) in [5.41, 5.74) is -1.22. The third-order valence-corrected chi connectivity index (χ3v) is 2.27. The van der Waals surface area contributed by atoms with Gasteiger partial charge in [0.15, 0.2) is 0 Å². The van der Waals surface area contributed by atoms with Crippen LogP contribution in [0, 0.1) is 0 Å². The smallest absolute Gasteiger partial charge is 0.445 e. The summed E-state index contributed by atoms with van der Waals surface area (Å²) in [6.45, 7) is -5.43. The van der Waals surface area contributed by atoms with Gasteiger partial charge in [0.1, 0.15) is 5.75 Å². The zero-order chi connectivity index (χ0) is 14.2. The molecule has 0 spiro atoms. The van der Waals surface area contributed by atoms with Gasteiger partial charge in [-0.15, -0.1) is 5.46 Å². The van der Waals surface area contributed by atoms with Crippen LogP contribution < -0.4 is 61.6 Å². The standard InChI is InChI=1S/C8H4BBrF7O.K/c10-7(11,12)8(13,14)18-6-3-1-2-5(4-6)9(15,16)17;/h1-4H;/q-1;+1. The Labute approximate surface area is 154 Å². The number of benzene rings is 1. The Morgan fingerprint density at radius 1 is 1.05 bits per heavy atom. The Kier molecular flexibility index (Phi) is 6.90. The second kappa shape index (κ2) is 6.65. The van der Waals surface area contributed by atoms with Crippen LogP contribution in [0.1, 0.15) is 0 Å². The second-order valence-corrected chi connectivity index (χ2v) is 4.26. The fraction of sp³-hybridized carbons (Fsp3) is 0.250. The van der Waals surface area contributed by atoms with Crippen LogP contribution in [-0.4, -0.2) is 17.9 Å². The second-order valence-electron chi connectivity index (χ2n) is 3.26. The molecule has 0 bridgehead atoms. The van der Waals surface area contributed by atoms with Crippen molar-refractivity contribution in [1.29, 1.82) is 0 Å². The van der Waals surface area contributed by atoms with Gasteiger partial charge in [0.05, 0.1) is 0 Å². The minimum absolute atomic E-state index is 0. The van der Waals surface area contributed by atoms with Crippen molar-refractivity contribution in [3.05, 3.63) is 24.3 Å². The molecule has 0 N–H and O–H groups in total. The van der Waals surface area contributed by atoms with E-state index in [2.05, 4.69) is 4.74 Å². The summed E-state index contributed by atoms with van der Waals surface area (Å²) in [5.74, 6) is -1.00. The fourth-order valence-electron chi connectivity index (χ4n) is 0.988. The molecular formula is C8H4BBrF7KO. The van der Waals surface area contributed by atoms with Crippen molar-refractivity contribution in [2.24, 2.45) is 0 Å². The molecule has 0 radical (unpaired) electrons. The van der Waals surface area contributed by atoms with Gasteiger partial charge >= 0.3 is 69.3 Å². The zero-order valence-electron chi connectivity index (χ0n) is 9.32. The first-order valence-corrected chi connectivity index (χ1v) is 5.16. The topological polar surface area (TPSA) is 9.23 Å². The molecule has 0 unspecified atom stereocenters. The first kappa shape index (κ1) is 19.7. The van der Waals surface area contributed by atoms with Crippen LogP contribution in [0.15, 0.2) is 24.3 Å². The van der Waals surface area contributed by atoms with E-state index < -0.39 is 29.1 Å². The maximum absolute atomic E-state index is 12.7.